The highest BCUT2D eigenvalue weighted by Crippen LogP contribution is 2.09. The third kappa shape index (κ3) is 3.18. The van der Waals surface area contributed by atoms with Crippen molar-refractivity contribution in [2.75, 3.05) is 26.0 Å². The molecule has 0 radical (unpaired) electrons. The van der Waals surface area contributed by atoms with Gasteiger partial charge in [0.05, 0.1) is 0 Å². The third-order valence-corrected chi connectivity index (χ3v) is 2.71. The normalized spacial score (nSPS) is 22.9. The van der Waals surface area contributed by atoms with Gasteiger partial charge in [0.2, 0.25) is 0 Å². The molecule has 4 nitrogen and oxygen atoms in total. The summed E-state index contributed by atoms with van der Waals surface area (Å²) >= 11 is -1.71. The van der Waals surface area contributed by atoms with Crippen molar-refractivity contribution in [3.8, 4) is 0 Å². The van der Waals surface area contributed by atoms with Crippen LogP contribution in [0.5, 0.6) is 0 Å². The molecular weight excluding hydrogens is 176 g/mol. The minimum Gasteiger partial charge on any atom is -0.305 e. The topological polar surface area (TPSA) is 43.8 Å². The van der Waals surface area contributed by atoms with Crippen molar-refractivity contribution in [3.63, 3.8) is 0 Å². The van der Waals surface area contributed by atoms with E-state index >= 15 is 0 Å². The summed E-state index contributed by atoms with van der Waals surface area (Å²) in [5.74, 6) is 0.222. The molecule has 1 atom stereocenters. The van der Waals surface area contributed by atoms with Crippen molar-refractivity contribution in [2.24, 2.45) is 0 Å². The van der Waals surface area contributed by atoms with E-state index in [1.165, 1.54) is 19.3 Å². The lowest BCUT2D eigenvalue weighted by Gasteiger charge is -2.33. The maximum Gasteiger partial charge on any atom is 0.168 e. The Morgan fingerprint density at radius 3 is 2.50 bits per heavy atom. The Morgan fingerprint density at radius 1 is 1.42 bits per heavy atom. The first kappa shape index (κ1) is 10.1. The van der Waals surface area contributed by atoms with Gasteiger partial charge in [-0.25, -0.2) is 14.2 Å². The summed E-state index contributed by atoms with van der Waals surface area (Å²) in [4.78, 5) is 0. The van der Waals surface area contributed by atoms with Crippen LogP contribution in [0.4, 0.5) is 0 Å². The zero-order valence-electron chi connectivity index (χ0n) is 7.40. The molecule has 1 heterocycles. The van der Waals surface area contributed by atoms with Crippen LogP contribution in [0.25, 0.3) is 0 Å². The Balaban J connectivity index is 2.29. The third-order valence-electron chi connectivity index (χ3n) is 2.11. The molecule has 0 aromatic rings. The van der Waals surface area contributed by atoms with Crippen molar-refractivity contribution in [2.45, 2.75) is 19.3 Å². The molecule has 0 aromatic heterocycles. The van der Waals surface area contributed by atoms with E-state index in [0.29, 0.717) is 0 Å². The molecule has 0 aliphatic carbocycles. The van der Waals surface area contributed by atoms with Crippen LogP contribution in [0.1, 0.15) is 19.3 Å². The van der Waals surface area contributed by atoms with Crippen LogP contribution in [-0.4, -0.2) is 44.8 Å². The van der Waals surface area contributed by atoms with E-state index in [9.17, 15) is 4.21 Å². The van der Waals surface area contributed by atoms with Crippen LogP contribution < -0.4 is 0 Å². The first-order valence-electron chi connectivity index (χ1n) is 4.23. The molecule has 0 bridgehead atoms. The van der Waals surface area contributed by atoms with Crippen LogP contribution in [0.3, 0.4) is 0 Å². The number of rotatable bonds is 3. The number of hydrazine groups is 1. The second kappa shape index (κ2) is 4.91. The monoisotopic (exact) mass is 192 g/mol. The Hall–Kier alpha value is 0.0300. The lowest BCUT2D eigenvalue weighted by Crippen LogP contribution is -2.44. The minimum absolute atomic E-state index is 0.222. The molecule has 0 spiro atoms. The Labute approximate surface area is 75.8 Å². The van der Waals surface area contributed by atoms with Gasteiger partial charge in [0.15, 0.2) is 11.1 Å². The first-order valence-corrected chi connectivity index (χ1v) is 5.51. The van der Waals surface area contributed by atoms with Gasteiger partial charge in [-0.15, -0.1) is 0 Å². The van der Waals surface area contributed by atoms with Gasteiger partial charge < -0.3 is 4.55 Å². The molecule has 1 N–H and O–H groups in total. The maximum absolute atomic E-state index is 10.5. The van der Waals surface area contributed by atoms with Gasteiger partial charge in [-0.05, 0) is 12.8 Å². The van der Waals surface area contributed by atoms with E-state index in [1.54, 1.807) is 0 Å². The largest absolute Gasteiger partial charge is 0.305 e. The smallest absolute Gasteiger partial charge is 0.168 e. The molecule has 0 aromatic carbocycles. The highest BCUT2D eigenvalue weighted by molar-refractivity contribution is 7.79. The predicted octanol–water partition coefficient (Wildman–Crippen LogP) is 0.498. The quantitative estimate of drug-likeness (QED) is 0.661. The minimum atomic E-state index is -1.71. The Bertz CT molecular complexity index is 159. The standard InChI is InChI=1S/C7H16N2O2S/c1-8(7-12(10)11)9-5-3-2-4-6-9/h2-7H2,1H3,(H,10,11). The van der Waals surface area contributed by atoms with E-state index < -0.39 is 11.1 Å². The molecule has 5 heteroatoms. The van der Waals surface area contributed by atoms with E-state index in [4.69, 9.17) is 4.55 Å². The fourth-order valence-electron chi connectivity index (χ4n) is 1.46. The van der Waals surface area contributed by atoms with Gasteiger partial charge >= 0.3 is 0 Å². The molecule has 1 fully saturated rings. The van der Waals surface area contributed by atoms with Crippen molar-refractivity contribution in [1.29, 1.82) is 0 Å². The molecule has 12 heavy (non-hydrogen) atoms. The van der Waals surface area contributed by atoms with Crippen LogP contribution in [-0.2, 0) is 11.1 Å². The fraction of sp³-hybridized carbons (Fsp3) is 1.00. The zero-order valence-corrected chi connectivity index (χ0v) is 8.22. The number of hydrogen-bond acceptors (Lipinski definition) is 3. The molecular formula is C7H16N2O2S. The van der Waals surface area contributed by atoms with Gasteiger partial charge in [-0.3, -0.25) is 0 Å². The summed E-state index contributed by atoms with van der Waals surface area (Å²) in [7, 11) is 1.86. The number of nitrogens with zero attached hydrogens (tertiary/aromatic N) is 2. The Morgan fingerprint density at radius 2 is 2.00 bits per heavy atom. The zero-order chi connectivity index (χ0) is 8.97. The molecule has 1 rings (SSSR count). The van der Waals surface area contributed by atoms with Crippen molar-refractivity contribution in [1.82, 2.24) is 10.0 Å². The maximum atomic E-state index is 10.5. The van der Waals surface area contributed by atoms with Crippen molar-refractivity contribution < 1.29 is 8.76 Å². The summed E-state index contributed by atoms with van der Waals surface area (Å²) in [6.07, 6.45) is 3.68. The van der Waals surface area contributed by atoms with Crippen LogP contribution in [0.15, 0.2) is 0 Å². The number of hydrogen-bond donors (Lipinski definition) is 1. The van der Waals surface area contributed by atoms with Crippen LogP contribution in [0, 0.1) is 0 Å². The van der Waals surface area contributed by atoms with Crippen LogP contribution >= 0.6 is 0 Å². The van der Waals surface area contributed by atoms with Gasteiger partial charge in [0.25, 0.3) is 0 Å². The molecule has 1 saturated heterocycles. The molecule has 0 amide bonds. The second-order valence-corrected chi connectivity index (χ2v) is 4.02. The molecule has 72 valence electrons. The molecule has 1 aliphatic heterocycles. The van der Waals surface area contributed by atoms with Gasteiger partial charge in [0.1, 0.15) is 5.88 Å². The lowest BCUT2D eigenvalue weighted by molar-refractivity contribution is -0.000471. The fourth-order valence-corrected chi connectivity index (χ4v) is 1.94. The average molecular weight is 192 g/mol. The highest BCUT2D eigenvalue weighted by Gasteiger charge is 2.15. The summed E-state index contributed by atoms with van der Waals surface area (Å²) in [5.41, 5.74) is 0. The summed E-state index contributed by atoms with van der Waals surface area (Å²) in [5, 5.41) is 3.98. The predicted molar refractivity (Wildman–Crippen MR) is 48.8 cm³/mol. The lowest BCUT2D eigenvalue weighted by atomic mass is 10.2. The Kier molecular flexibility index (Phi) is 4.14. The van der Waals surface area contributed by atoms with E-state index in [0.717, 1.165) is 13.1 Å². The summed E-state index contributed by atoms with van der Waals surface area (Å²) < 4.78 is 19.2. The SMILES string of the molecule is CN(CS(=O)O)N1CCCCC1. The van der Waals surface area contributed by atoms with Crippen molar-refractivity contribution >= 4 is 11.1 Å². The van der Waals surface area contributed by atoms with Crippen molar-refractivity contribution in [3.05, 3.63) is 0 Å². The molecule has 1 unspecified atom stereocenters. The number of piperidine rings is 1. The van der Waals surface area contributed by atoms with E-state index in [1.807, 2.05) is 12.1 Å². The molecule has 1 aliphatic rings. The van der Waals surface area contributed by atoms with E-state index in [2.05, 4.69) is 5.01 Å². The second-order valence-electron chi connectivity index (χ2n) is 3.12. The highest BCUT2D eigenvalue weighted by atomic mass is 32.2. The summed E-state index contributed by atoms with van der Waals surface area (Å²) in [6, 6.07) is 0. The van der Waals surface area contributed by atoms with Crippen LogP contribution in [0.2, 0.25) is 0 Å². The van der Waals surface area contributed by atoms with Gasteiger partial charge in [-0.2, -0.15) is 0 Å². The molecule has 0 saturated carbocycles. The van der Waals surface area contributed by atoms with Gasteiger partial charge in [0, 0.05) is 20.1 Å². The first-order chi connectivity index (χ1) is 5.70. The summed E-state index contributed by atoms with van der Waals surface area (Å²) in [6.45, 7) is 2.04. The van der Waals surface area contributed by atoms with Gasteiger partial charge in [-0.1, -0.05) is 6.42 Å². The average Bonchev–Trinajstić information content (AvgIpc) is 2.05. The van der Waals surface area contributed by atoms with E-state index in [-0.39, 0.29) is 5.88 Å².